The second-order valence-electron chi connectivity index (χ2n) is 6.54. The zero-order chi connectivity index (χ0) is 19.1. The highest BCUT2D eigenvalue weighted by Gasteiger charge is 2.32. The first kappa shape index (κ1) is 18.3. The summed E-state index contributed by atoms with van der Waals surface area (Å²) in [7, 11) is -4.34. The van der Waals surface area contributed by atoms with Gasteiger partial charge in [0.25, 0.3) is 10.1 Å². The average molecular weight is 374 g/mol. The minimum absolute atomic E-state index is 0.0567. The van der Waals surface area contributed by atoms with Crippen molar-refractivity contribution in [3.05, 3.63) is 47.5 Å². The standard InChI is InChI=1S/C19H19NO5S/c1-12(2)11-16-13-5-3-6-14-17(26(23,24)25)9-8-15(19(13)14)20(16)10-4-7-18(21)22/h3,5-6,8-9,11H,4,7,10H2,1-2H3,(H-,21,22,23,24,25)/p+1. The molecular formula is C19H20NO5S+. The van der Waals surface area contributed by atoms with Gasteiger partial charge >= 0.3 is 5.97 Å². The van der Waals surface area contributed by atoms with Crippen LogP contribution < -0.4 is 0 Å². The van der Waals surface area contributed by atoms with Crippen molar-refractivity contribution in [2.75, 3.05) is 6.54 Å². The summed E-state index contributed by atoms with van der Waals surface area (Å²) in [5.41, 5.74) is 3.67. The molecule has 0 atom stereocenters. The highest BCUT2D eigenvalue weighted by Crippen LogP contribution is 2.38. The highest BCUT2D eigenvalue weighted by atomic mass is 32.2. The summed E-state index contributed by atoms with van der Waals surface area (Å²) >= 11 is 0. The van der Waals surface area contributed by atoms with Crippen molar-refractivity contribution in [2.45, 2.75) is 31.6 Å². The zero-order valence-corrected chi connectivity index (χ0v) is 15.4. The molecule has 0 aliphatic carbocycles. The lowest BCUT2D eigenvalue weighted by Gasteiger charge is -2.04. The number of benzene rings is 2. The van der Waals surface area contributed by atoms with E-state index in [0.29, 0.717) is 18.4 Å². The van der Waals surface area contributed by atoms with Crippen molar-refractivity contribution in [3.8, 4) is 0 Å². The monoisotopic (exact) mass is 374 g/mol. The summed E-state index contributed by atoms with van der Waals surface area (Å²) < 4.78 is 35.0. The lowest BCUT2D eigenvalue weighted by molar-refractivity contribution is -0.436. The van der Waals surface area contributed by atoms with Gasteiger partial charge in [0.2, 0.25) is 11.4 Å². The topological polar surface area (TPSA) is 94.7 Å². The third kappa shape index (κ3) is 3.27. The molecule has 0 unspecified atom stereocenters. The Bertz CT molecular complexity index is 1080. The first-order chi connectivity index (χ1) is 12.2. The van der Waals surface area contributed by atoms with Gasteiger partial charge < -0.3 is 5.11 Å². The summed E-state index contributed by atoms with van der Waals surface area (Å²) in [5.74, 6) is -0.850. The summed E-state index contributed by atoms with van der Waals surface area (Å²) in [6.45, 7) is 4.44. The van der Waals surface area contributed by atoms with Gasteiger partial charge in [0.05, 0.1) is 17.4 Å². The second kappa shape index (κ2) is 6.66. The van der Waals surface area contributed by atoms with E-state index in [4.69, 9.17) is 5.11 Å². The Hall–Kier alpha value is -2.51. The fraction of sp³-hybridized carbons (Fsp3) is 0.263. The number of carboxylic acid groups (broad SMARTS) is 1. The number of carboxylic acids is 1. The third-order valence-corrected chi connectivity index (χ3v) is 5.22. The van der Waals surface area contributed by atoms with Gasteiger partial charge in [-0.1, -0.05) is 17.7 Å². The number of rotatable bonds is 6. The molecule has 2 aromatic carbocycles. The van der Waals surface area contributed by atoms with E-state index in [1.807, 2.05) is 30.6 Å². The van der Waals surface area contributed by atoms with Gasteiger partial charge in [-0.05, 0) is 26.0 Å². The van der Waals surface area contributed by atoms with E-state index in [2.05, 4.69) is 0 Å². The molecule has 26 heavy (non-hydrogen) atoms. The number of hydrogen-bond donors (Lipinski definition) is 2. The van der Waals surface area contributed by atoms with Crippen LogP contribution in [0.3, 0.4) is 0 Å². The molecule has 2 aromatic rings. The van der Waals surface area contributed by atoms with Gasteiger partial charge in [0, 0.05) is 23.9 Å². The van der Waals surface area contributed by atoms with Gasteiger partial charge in [0.15, 0.2) is 0 Å². The third-order valence-electron chi connectivity index (χ3n) is 4.31. The van der Waals surface area contributed by atoms with Crippen LogP contribution in [0.2, 0.25) is 0 Å². The number of nitrogens with zero attached hydrogens (tertiary/aromatic N) is 1. The Balaban J connectivity index is 2.24. The molecule has 0 radical (unpaired) electrons. The lowest BCUT2D eigenvalue weighted by atomic mass is 10.0. The molecule has 0 fully saturated rings. The molecule has 1 aliphatic heterocycles. The van der Waals surface area contributed by atoms with Crippen molar-refractivity contribution < 1.29 is 27.4 Å². The highest BCUT2D eigenvalue weighted by molar-refractivity contribution is 7.86. The molecule has 7 heteroatoms. The molecule has 3 rings (SSSR count). The summed E-state index contributed by atoms with van der Waals surface area (Å²) in [4.78, 5) is 10.7. The van der Waals surface area contributed by atoms with Gasteiger partial charge in [-0.15, -0.1) is 0 Å². The molecule has 0 aromatic heterocycles. The van der Waals surface area contributed by atoms with Crippen molar-refractivity contribution in [1.29, 1.82) is 0 Å². The Morgan fingerprint density at radius 3 is 2.54 bits per heavy atom. The van der Waals surface area contributed by atoms with Gasteiger partial charge in [-0.2, -0.15) is 13.0 Å². The van der Waals surface area contributed by atoms with Gasteiger partial charge in [-0.3, -0.25) is 9.35 Å². The lowest BCUT2D eigenvalue weighted by Crippen LogP contribution is -2.14. The van der Waals surface area contributed by atoms with Crippen molar-refractivity contribution in [3.63, 3.8) is 0 Å². The van der Waals surface area contributed by atoms with Crippen LogP contribution in [0.15, 0.2) is 46.9 Å². The van der Waals surface area contributed by atoms with E-state index in [1.54, 1.807) is 18.2 Å². The predicted octanol–water partition coefficient (Wildman–Crippen LogP) is 3.36. The van der Waals surface area contributed by atoms with Crippen LogP contribution in [0.1, 0.15) is 32.3 Å². The zero-order valence-electron chi connectivity index (χ0n) is 14.6. The van der Waals surface area contributed by atoms with Crippen LogP contribution in [0.4, 0.5) is 5.69 Å². The normalized spacial score (nSPS) is 13.3. The number of carbonyl (C=O) groups is 1. The molecule has 1 aliphatic rings. The molecular weight excluding hydrogens is 354 g/mol. The maximum absolute atomic E-state index is 11.7. The Morgan fingerprint density at radius 2 is 1.92 bits per heavy atom. The van der Waals surface area contributed by atoms with Crippen LogP contribution in [0.25, 0.3) is 10.8 Å². The largest absolute Gasteiger partial charge is 0.481 e. The van der Waals surface area contributed by atoms with Crippen LogP contribution in [-0.2, 0) is 14.9 Å². The quantitative estimate of drug-likeness (QED) is 0.597. The molecule has 0 amide bonds. The second-order valence-corrected chi connectivity index (χ2v) is 7.93. The van der Waals surface area contributed by atoms with Crippen LogP contribution in [0, 0.1) is 0 Å². The summed E-state index contributed by atoms with van der Waals surface area (Å²) in [6.07, 6.45) is 2.52. The van der Waals surface area contributed by atoms with Gasteiger partial charge in [-0.25, -0.2) is 0 Å². The number of allylic oxidation sites excluding steroid dienone is 2. The average Bonchev–Trinajstić information content (AvgIpc) is 2.82. The van der Waals surface area contributed by atoms with Crippen LogP contribution >= 0.6 is 0 Å². The first-order valence-corrected chi connectivity index (χ1v) is 9.69. The Kier molecular flexibility index (Phi) is 4.68. The van der Waals surface area contributed by atoms with E-state index in [-0.39, 0.29) is 11.3 Å². The molecule has 1 heterocycles. The number of hydrogen-bond acceptors (Lipinski definition) is 3. The predicted molar refractivity (Wildman–Crippen MR) is 99.0 cm³/mol. The minimum atomic E-state index is -4.34. The van der Waals surface area contributed by atoms with Gasteiger partial charge in [0.1, 0.15) is 11.4 Å². The molecule has 2 N–H and O–H groups in total. The van der Waals surface area contributed by atoms with E-state index >= 15 is 0 Å². The van der Waals surface area contributed by atoms with E-state index in [0.717, 1.165) is 27.9 Å². The fourth-order valence-electron chi connectivity index (χ4n) is 3.36. The molecule has 136 valence electrons. The molecule has 0 spiro atoms. The number of aliphatic carboxylic acids is 1. The Labute approximate surface area is 151 Å². The summed E-state index contributed by atoms with van der Waals surface area (Å²) in [5, 5.41) is 10.1. The first-order valence-electron chi connectivity index (χ1n) is 8.25. The Morgan fingerprint density at radius 1 is 1.19 bits per heavy atom. The van der Waals surface area contributed by atoms with Crippen LogP contribution in [-0.4, -0.2) is 40.9 Å². The molecule has 6 nitrogen and oxygen atoms in total. The van der Waals surface area contributed by atoms with E-state index in [9.17, 15) is 17.8 Å². The fourth-order valence-corrected chi connectivity index (χ4v) is 4.05. The molecule has 0 bridgehead atoms. The van der Waals surface area contributed by atoms with Crippen LogP contribution in [0.5, 0.6) is 0 Å². The van der Waals surface area contributed by atoms with Crippen molar-refractivity contribution in [2.24, 2.45) is 0 Å². The van der Waals surface area contributed by atoms with Crippen molar-refractivity contribution in [1.82, 2.24) is 0 Å². The minimum Gasteiger partial charge on any atom is -0.481 e. The summed E-state index contributed by atoms with van der Waals surface area (Å²) in [6, 6.07) is 8.40. The molecule has 0 saturated carbocycles. The van der Waals surface area contributed by atoms with Crippen molar-refractivity contribution >= 4 is 38.3 Å². The smallest absolute Gasteiger partial charge is 0.303 e. The maximum Gasteiger partial charge on any atom is 0.303 e. The van der Waals surface area contributed by atoms with E-state index < -0.39 is 16.1 Å². The maximum atomic E-state index is 11.7. The molecule has 0 saturated heterocycles. The van der Waals surface area contributed by atoms with E-state index in [1.165, 1.54) is 6.07 Å². The SMILES string of the molecule is CC(C)=CC1=[N+](CCCC(=O)O)c2ccc(S(=O)(=O)O)c3cccc1c23.